The number of nitrogens with zero attached hydrogens (tertiary/aromatic N) is 3. The van der Waals surface area contributed by atoms with Gasteiger partial charge in [-0.1, -0.05) is 37.3 Å². The fraction of sp³-hybridized carbons (Fsp3) is 0.474. The van der Waals surface area contributed by atoms with E-state index in [1.54, 1.807) is 0 Å². The van der Waals surface area contributed by atoms with Gasteiger partial charge in [-0.15, -0.1) is 0 Å². The minimum atomic E-state index is 0.310. The Hall–Kier alpha value is -2.34. The van der Waals surface area contributed by atoms with Crippen molar-refractivity contribution in [2.24, 2.45) is 0 Å². The molecule has 25 heavy (non-hydrogen) atoms. The van der Waals surface area contributed by atoms with Crippen LogP contribution in [0.25, 0.3) is 0 Å². The molecule has 1 saturated heterocycles. The fourth-order valence-electron chi connectivity index (χ4n) is 3.17. The number of nitrogen functional groups attached to an aromatic ring is 1. The van der Waals surface area contributed by atoms with Gasteiger partial charge >= 0.3 is 0 Å². The third-order valence-corrected chi connectivity index (χ3v) is 4.49. The third kappa shape index (κ3) is 5.32. The molecule has 1 aromatic carbocycles. The number of nitrogens with one attached hydrogen (secondary N) is 2. The number of benzene rings is 1. The Balaban J connectivity index is 1.51. The molecule has 6 nitrogen and oxygen atoms in total. The Labute approximate surface area is 149 Å². The zero-order valence-electron chi connectivity index (χ0n) is 14.9. The monoisotopic (exact) mass is 340 g/mol. The second kappa shape index (κ2) is 8.67. The van der Waals surface area contributed by atoms with Gasteiger partial charge < -0.3 is 16.4 Å². The maximum atomic E-state index is 5.83. The van der Waals surface area contributed by atoms with Gasteiger partial charge in [-0.3, -0.25) is 4.90 Å². The van der Waals surface area contributed by atoms with Gasteiger partial charge in [0.15, 0.2) is 0 Å². The number of aromatic nitrogens is 2. The van der Waals surface area contributed by atoms with Gasteiger partial charge in [0.1, 0.15) is 11.6 Å². The van der Waals surface area contributed by atoms with Crippen LogP contribution in [0.15, 0.2) is 36.4 Å². The van der Waals surface area contributed by atoms with E-state index in [0.717, 1.165) is 57.1 Å². The van der Waals surface area contributed by atoms with Crippen LogP contribution in [0.4, 0.5) is 17.6 Å². The molecule has 0 radical (unpaired) electrons. The average Bonchev–Trinajstić information content (AvgIpc) is 2.62. The molecule has 0 unspecified atom stereocenters. The van der Waals surface area contributed by atoms with Crippen molar-refractivity contribution in [2.75, 3.05) is 36.0 Å². The third-order valence-electron chi connectivity index (χ3n) is 4.49. The Morgan fingerprint density at radius 2 is 1.84 bits per heavy atom. The van der Waals surface area contributed by atoms with Crippen LogP contribution in [0, 0.1) is 0 Å². The topological polar surface area (TPSA) is 79.1 Å². The molecule has 0 aliphatic carbocycles. The number of nitrogens with two attached hydrogens (primary N) is 1. The van der Waals surface area contributed by atoms with Gasteiger partial charge in [-0.05, 0) is 24.8 Å². The lowest BCUT2D eigenvalue weighted by molar-refractivity contribution is 0.211. The van der Waals surface area contributed by atoms with Crippen molar-refractivity contribution in [1.29, 1.82) is 0 Å². The molecule has 2 aromatic rings. The molecule has 0 bridgehead atoms. The van der Waals surface area contributed by atoms with Crippen molar-refractivity contribution in [3.63, 3.8) is 0 Å². The minimum absolute atomic E-state index is 0.310. The van der Waals surface area contributed by atoms with Crippen LogP contribution in [0.2, 0.25) is 0 Å². The lowest BCUT2D eigenvalue weighted by Gasteiger charge is -2.32. The van der Waals surface area contributed by atoms with Crippen molar-refractivity contribution in [3.8, 4) is 0 Å². The molecule has 3 rings (SSSR count). The number of piperidine rings is 1. The van der Waals surface area contributed by atoms with Crippen molar-refractivity contribution < 1.29 is 0 Å². The van der Waals surface area contributed by atoms with E-state index < -0.39 is 0 Å². The lowest BCUT2D eigenvalue weighted by Crippen LogP contribution is -2.38. The molecule has 4 N–H and O–H groups in total. The highest BCUT2D eigenvalue weighted by Gasteiger charge is 2.19. The Morgan fingerprint density at radius 3 is 2.56 bits per heavy atom. The van der Waals surface area contributed by atoms with E-state index in [0.29, 0.717) is 12.0 Å². The molecular weight excluding hydrogens is 312 g/mol. The molecule has 2 heterocycles. The molecule has 134 valence electrons. The van der Waals surface area contributed by atoms with Gasteiger partial charge in [-0.25, -0.2) is 0 Å². The Kier molecular flexibility index (Phi) is 6.06. The van der Waals surface area contributed by atoms with E-state index in [1.807, 2.05) is 6.07 Å². The van der Waals surface area contributed by atoms with E-state index in [1.165, 1.54) is 5.56 Å². The second-order valence-corrected chi connectivity index (χ2v) is 6.60. The van der Waals surface area contributed by atoms with Crippen molar-refractivity contribution in [2.45, 2.75) is 38.8 Å². The average molecular weight is 340 g/mol. The summed E-state index contributed by atoms with van der Waals surface area (Å²) in [6, 6.07) is 13.0. The summed E-state index contributed by atoms with van der Waals surface area (Å²) in [5, 5.41) is 6.79. The quantitative estimate of drug-likeness (QED) is 0.719. The van der Waals surface area contributed by atoms with Gasteiger partial charge in [-0.2, -0.15) is 9.97 Å². The van der Waals surface area contributed by atoms with E-state index >= 15 is 0 Å². The summed E-state index contributed by atoms with van der Waals surface area (Å²) in [6.07, 6.45) is 3.26. The smallest absolute Gasteiger partial charge is 0.223 e. The number of hydrogen-bond donors (Lipinski definition) is 3. The molecule has 0 amide bonds. The molecule has 1 fully saturated rings. The van der Waals surface area contributed by atoms with Crippen LogP contribution in [-0.2, 0) is 6.54 Å². The minimum Gasteiger partial charge on any atom is -0.370 e. The largest absolute Gasteiger partial charge is 0.370 e. The summed E-state index contributed by atoms with van der Waals surface area (Å²) in [5.74, 6) is 1.91. The lowest BCUT2D eigenvalue weighted by atomic mass is 10.0. The summed E-state index contributed by atoms with van der Waals surface area (Å²) >= 11 is 0. The normalized spacial score (nSPS) is 15.9. The first kappa shape index (κ1) is 17.5. The van der Waals surface area contributed by atoms with Gasteiger partial charge in [0.05, 0.1) is 0 Å². The van der Waals surface area contributed by atoms with E-state index in [9.17, 15) is 0 Å². The highest BCUT2D eigenvalue weighted by atomic mass is 15.2. The molecule has 6 heteroatoms. The van der Waals surface area contributed by atoms with Crippen LogP contribution in [0.1, 0.15) is 31.7 Å². The van der Waals surface area contributed by atoms with Crippen LogP contribution < -0.4 is 16.4 Å². The zero-order valence-corrected chi connectivity index (χ0v) is 14.9. The Morgan fingerprint density at radius 1 is 1.12 bits per heavy atom. The summed E-state index contributed by atoms with van der Waals surface area (Å²) in [5.41, 5.74) is 7.21. The standard InChI is InChI=1S/C19H28N6/c1-2-10-21-17-13-18(24-19(20)23-17)22-16-8-11-25(12-9-16)14-15-6-4-3-5-7-15/h3-7,13,16H,2,8-12,14H2,1H3,(H4,20,21,22,23,24). The highest BCUT2D eigenvalue weighted by Crippen LogP contribution is 2.19. The van der Waals surface area contributed by atoms with E-state index in [-0.39, 0.29) is 0 Å². The summed E-state index contributed by atoms with van der Waals surface area (Å²) in [6.45, 7) is 6.22. The maximum absolute atomic E-state index is 5.83. The molecular formula is C19H28N6. The summed E-state index contributed by atoms with van der Waals surface area (Å²) in [4.78, 5) is 11.1. The van der Waals surface area contributed by atoms with Crippen molar-refractivity contribution in [3.05, 3.63) is 42.0 Å². The number of anilines is 3. The molecule has 0 saturated carbocycles. The molecule has 1 aliphatic heterocycles. The SMILES string of the molecule is CCCNc1cc(NC2CCN(Cc3ccccc3)CC2)nc(N)n1. The maximum Gasteiger partial charge on any atom is 0.223 e. The number of rotatable bonds is 7. The van der Waals surface area contributed by atoms with Crippen LogP contribution in [-0.4, -0.2) is 40.5 Å². The van der Waals surface area contributed by atoms with Crippen LogP contribution >= 0.6 is 0 Å². The first-order chi connectivity index (χ1) is 12.2. The van der Waals surface area contributed by atoms with Gasteiger partial charge in [0.25, 0.3) is 0 Å². The second-order valence-electron chi connectivity index (χ2n) is 6.60. The van der Waals surface area contributed by atoms with Crippen LogP contribution in [0.3, 0.4) is 0 Å². The molecule has 0 spiro atoms. The number of likely N-dealkylation sites (tertiary alicyclic amines) is 1. The van der Waals surface area contributed by atoms with Crippen molar-refractivity contribution >= 4 is 17.6 Å². The first-order valence-electron chi connectivity index (χ1n) is 9.14. The highest BCUT2D eigenvalue weighted by molar-refractivity contribution is 5.51. The Bertz CT molecular complexity index is 652. The summed E-state index contributed by atoms with van der Waals surface area (Å²) in [7, 11) is 0. The van der Waals surface area contributed by atoms with Crippen molar-refractivity contribution in [1.82, 2.24) is 14.9 Å². The summed E-state index contributed by atoms with van der Waals surface area (Å²) < 4.78 is 0. The predicted molar refractivity (Wildman–Crippen MR) is 104 cm³/mol. The first-order valence-corrected chi connectivity index (χ1v) is 9.14. The van der Waals surface area contributed by atoms with Gasteiger partial charge in [0, 0.05) is 38.3 Å². The number of hydrogen-bond acceptors (Lipinski definition) is 6. The zero-order chi connectivity index (χ0) is 17.5. The van der Waals surface area contributed by atoms with E-state index in [4.69, 9.17) is 5.73 Å². The molecule has 1 aliphatic rings. The van der Waals surface area contributed by atoms with E-state index in [2.05, 4.69) is 62.8 Å². The predicted octanol–water partition coefficient (Wildman–Crippen LogP) is 2.96. The van der Waals surface area contributed by atoms with Gasteiger partial charge in [0.2, 0.25) is 5.95 Å². The van der Waals surface area contributed by atoms with Crippen LogP contribution in [0.5, 0.6) is 0 Å². The fourth-order valence-corrected chi connectivity index (χ4v) is 3.17. The molecule has 1 aromatic heterocycles. The molecule has 0 atom stereocenters.